The zero-order valence-electron chi connectivity index (χ0n) is 11.9. The molecule has 0 saturated heterocycles. The summed E-state index contributed by atoms with van der Waals surface area (Å²) in [7, 11) is 0. The average Bonchev–Trinajstić information content (AvgIpc) is 2.37. The van der Waals surface area contributed by atoms with E-state index in [0.717, 1.165) is 19.6 Å². The van der Waals surface area contributed by atoms with Gasteiger partial charge in [-0.25, -0.2) is 0 Å². The third-order valence-corrected chi connectivity index (χ3v) is 4.35. The minimum atomic E-state index is 0.315. The monoisotopic (exact) mass is 246 g/mol. The molecule has 1 aliphatic rings. The van der Waals surface area contributed by atoms with Crippen LogP contribution in [0.15, 0.2) is 24.3 Å². The lowest BCUT2D eigenvalue weighted by molar-refractivity contribution is 0.176. The van der Waals surface area contributed by atoms with E-state index in [2.05, 4.69) is 49.9 Å². The zero-order valence-corrected chi connectivity index (χ0v) is 11.9. The van der Waals surface area contributed by atoms with Crippen LogP contribution in [0.2, 0.25) is 0 Å². The molecule has 0 amide bonds. The van der Waals surface area contributed by atoms with E-state index in [1.807, 2.05) is 0 Å². The molecule has 0 fully saturated rings. The Kier molecular flexibility index (Phi) is 4.08. The van der Waals surface area contributed by atoms with Crippen LogP contribution in [0.4, 0.5) is 0 Å². The van der Waals surface area contributed by atoms with Gasteiger partial charge in [0, 0.05) is 19.1 Å². The minimum absolute atomic E-state index is 0.315. The number of benzene rings is 1. The molecule has 0 bridgehead atoms. The van der Waals surface area contributed by atoms with Crippen molar-refractivity contribution < 1.29 is 0 Å². The number of rotatable bonds is 4. The third-order valence-electron chi connectivity index (χ3n) is 4.35. The van der Waals surface area contributed by atoms with Crippen molar-refractivity contribution in [3.05, 3.63) is 35.4 Å². The molecular weight excluding hydrogens is 220 g/mol. The molecule has 1 aromatic rings. The van der Waals surface area contributed by atoms with Gasteiger partial charge in [0.2, 0.25) is 0 Å². The molecular formula is C16H26N2. The number of nitrogens with two attached hydrogens (primary N) is 1. The van der Waals surface area contributed by atoms with Crippen LogP contribution >= 0.6 is 0 Å². The van der Waals surface area contributed by atoms with Gasteiger partial charge in [-0.3, -0.25) is 4.90 Å². The predicted molar refractivity (Wildman–Crippen MR) is 77.7 cm³/mol. The Morgan fingerprint density at radius 2 is 2.06 bits per heavy atom. The molecule has 0 radical (unpaired) electrons. The van der Waals surface area contributed by atoms with E-state index in [0.29, 0.717) is 11.5 Å². The Morgan fingerprint density at radius 1 is 1.33 bits per heavy atom. The van der Waals surface area contributed by atoms with Crippen LogP contribution in [0.3, 0.4) is 0 Å². The quantitative estimate of drug-likeness (QED) is 0.884. The van der Waals surface area contributed by atoms with Gasteiger partial charge in [0.05, 0.1) is 0 Å². The van der Waals surface area contributed by atoms with Gasteiger partial charge in [0.1, 0.15) is 0 Å². The summed E-state index contributed by atoms with van der Waals surface area (Å²) in [6.07, 6.45) is 2.51. The number of hydrogen-bond acceptors (Lipinski definition) is 2. The molecule has 2 rings (SSSR count). The van der Waals surface area contributed by atoms with Gasteiger partial charge >= 0.3 is 0 Å². The molecule has 2 heteroatoms. The molecule has 100 valence electrons. The van der Waals surface area contributed by atoms with Crippen LogP contribution in [0.1, 0.15) is 50.8 Å². The summed E-state index contributed by atoms with van der Waals surface area (Å²) in [5, 5.41) is 0. The van der Waals surface area contributed by atoms with Gasteiger partial charge < -0.3 is 5.73 Å². The van der Waals surface area contributed by atoms with Crippen molar-refractivity contribution in [1.82, 2.24) is 4.90 Å². The summed E-state index contributed by atoms with van der Waals surface area (Å²) in [6.45, 7) is 9.78. The van der Waals surface area contributed by atoms with Crippen LogP contribution < -0.4 is 5.73 Å². The molecule has 1 aliphatic carbocycles. The lowest BCUT2D eigenvalue weighted by Crippen LogP contribution is -2.38. The van der Waals surface area contributed by atoms with Crippen molar-refractivity contribution in [3.63, 3.8) is 0 Å². The van der Waals surface area contributed by atoms with Crippen molar-refractivity contribution in [1.29, 1.82) is 0 Å². The molecule has 2 nitrogen and oxygen atoms in total. The van der Waals surface area contributed by atoms with Crippen molar-refractivity contribution in [2.45, 2.75) is 45.1 Å². The van der Waals surface area contributed by atoms with E-state index in [-0.39, 0.29) is 0 Å². The third kappa shape index (κ3) is 2.45. The fraction of sp³-hybridized carbons (Fsp3) is 0.625. The van der Waals surface area contributed by atoms with Gasteiger partial charge in [-0.2, -0.15) is 0 Å². The highest BCUT2D eigenvalue weighted by Gasteiger charge is 2.34. The number of nitrogens with zero attached hydrogens (tertiary/aromatic N) is 1. The van der Waals surface area contributed by atoms with Crippen LogP contribution in [0, 0.1) is 0 Å². The Bertz CT molecular complexity index is 398. The fourth-order valence-corrected chi connectivity index (χ4v) is 3.27. The van der Waals surface area contributed by atoms with Gasteiger partial charge in [-0.05, 0) is 35.9 Å². The second-order valence-corrected chi connectivity index (χ2v) is 5.94. The van der Waals surface area contributed by atoms with Crippen LogP contribution in [-0.4, -0.2) is 24.5 Å². The second-order valence-electron chi connectivity index (χ2n) is 5.94. The van der Waals surface area contributed by atoms with E-state index < -0.39 is 0 Å². The summed E-state index contributed by atoms with van der Waals surface area (Å²) >= 11 is 0. The number of fused-ring (bicyclic) bond motifs is 1. The Morgan fingerprint density at radius 3 is 2.72 bits per heavy atom. The molecule has 0 aliphatic heterocycles. The molecule has 0 spiro atoms. The largest absolute Gasteiger partial charge is 0.329 e. The molecule has 18 heavy (non-hydrogen) atoms. The topological polar surface area (TPSA) is 29.3 Å². The van der Waals surface area contributed by atoms with Crippen LogP contribution in [0.25, 0.3) is 0 Å². The summed E-state index contributed by atoms with van der Waals surface area (Å²) < 4.78 is 0. The van der Waals surface area contributed by atoms with Crippen molar-refractivity contribution >= 4 is 0 Å². The fourth-order valence-electron chi connectivity index (χ4n) is 3.27. The SMILES string of the molecule is CCN(CCN)C1CCC(C)(C)c2ccccc21. The Labute approximate surface area is 111 Å². The molecule has 1 atom stereocenters. The second kappa shape index (κ2) is 5.41. The maximum absolute atomic E-state index is 5.74. The highest BCUT2D eigenvalue weighted by molar-refractivity contribution is 5.38. The van der Waals surface area contributed by atoms with Gasteiger partial charge in [-0.1, -0.05) is 45.0 Å². The summed E-state index contributed by atoms with van der Waals surface area (Å²) in [6, 6.07) is 9.51. The standard InChI is InChI=1S/C16H26N2/c1-4-18(12-11-17)15-9-10-16(2,3)14-8-6-5-7-13(14)15/h5-8,15H,4,9-12,17H2,1-3H3. The molecule has 2 N–H and O–H groups in total. The van der Waals surface area contributed by atoms with Gasteiger partial charge in [0.25, 0.3) is 0 Å². The van der Waals surface area contributed by atoms with Crippen molar-refractivity contribution in [2.24, 2.45) is 5.73 Å². The zero-order chi connectivity index (χ0) is 13.2. The Balaban J connectivity index is 2.35. The first-order valence-corrected chi connectivity index (χ1v) is 7.13. The van der Waals surface area contributed by atoms with E-state index in [4.69, 9.17) is 5.73 Å². The van der Waals surface area contributed by atoms with E-state index in [9.17, 15) is 0 Å². The van der Waals surface area contributed by atoms with Crippen molar-refractivity contribution in [2.75, 3.05) is 19.6 Å². The van der Waals surface area contributed by atoms with E-state index in [1.165, 1.54) is 24.0 Å². The maximum Gasteiger partial charge on any atom is 0.0351 e. The first-order valence-electron chi connectivity index (χ1n) is 7.13. The smallest absolute Gasteiger partial charge is 0.0351 e. The normalized spacial score (nSPS) is 21.9. The highest BCUT2D eigenvalue weighted by Crippen LogP contribution is 2.43. The molecule has 1 aromatic carbocycles. The average molecular weight is 246 g/mol. The maximum atomic E-state index is 5.74. The number of likely N-dealkylation sites (N-methyl/N-ethyl adjacent to an activating group) is 1. The first-order chi connectivity index (χ1) is 8.60. The predicted octanol–water partition coefficient (Wildman–Crippen LogP) is 3.08. The minimum Gasteiger partial charge on any atom is -0.329 e. The summed E-state index contributed by atoms with van der Waals surface area (Å²) in [5.41, 5.74) is 9.10. The summed E-state index contributed by atoms with van der Waals surface area (Å²) in [5.74, 6) is 0. The van der Waals surface area contributed by atoms with E-state index >= 15 is 0 Å². The highest BCUT2D eigenvalue weighted by atomic mass is 15.2. The summed E-state index contributed by atoms with van der Waals surface area (Å²) in [4.78, 5) is 2.52. The van der Waals surface area contributed by atoms with Gasteiger partial charge in [0.15, 0.2) is 0 Å². The van der Waals surface area contributed by atoms with E-state index in [1.54, 1.807) is 0 Å². The molecule has 0 aromatic heterocycles. The van der Waals surface area contributed by atoms with Gasteiger partial charge in [-0.15, -0.1) is 0 Å². The molecule has 1 unspecified atom stereocenters. The molecule has 0 saturated carbocycles. The lowest BCUT2D eigenvalue weighted by atomic mass is 9.70. The van der Waals surface area contributed by atoms with Crippen molar-refractivity contribution in [3.8, 4) is 0 Å². The van der Waals surface area contributed by atoms with Crippen LogP contribution in [-0.2, 0) is 5.41 Å². The molecule has 0 heterocycles. The first kappa shape index (κ1) is 13.6. The van der Waals surface area contributed by atoms with Crippen LogP contribution in [0.5, 0.6) is 0 Å². The lowest BCUT2D eigenvalue weighted by Gasteiger charge is -2.41. The number of hydrogen-bond donors (Lipinski definition) is 1. The Hall–Kier alpha value is -0.860.